The van der Waals surface area contributed by atoms with Crippen molar-refractivity contribution < 1.29 is 9.90 Å². The van der Waals surface area contributed by atoms with Gasteiger partial charge in [-0.05, 0) is 60.9 Å². The van der Waals surface area contributed by atoms with Gasteiger partial charge in [0.1, 0.15) is 0 Å². The van der Waals surface area contributed by atoms with Gasteiger partial charge in [0.15, 0.2) is 0 Å². The Morgan fingerprint density at radius 2 is 2.00 bits per heavy atom. The van der Waals surface area contributed by atoms with Crippen LogP contribution in [0.4, 0.5) is 0 Å². The van der Waals surface area contributed by atoms with E-state index in [0.29, 0.717) is 24.1 Å². The first-order valence-electron chi connectivity index (χ1n) is 9.44. The molecule has 0 aromatic heterocycles. The van der Waals surface area contributed by atoms with E-state index in [1.54, 1.807) is 0 Å². The number of fused-ring (bicyclic) bond motifs is 1. The molecular formula is C23H27NO2. The van der Waals surface area contributed by atoms with Crippen LogP contribution in [0.2, 0.25) is 0 Å². The zero-order valence-corrected chi connectivity index (χ0v) is 15.5. The van der Waals surface area contributed by atoms with Crippen molar-refractivity contribution >= 4 is 12.0 Å². The van der Waals surface area contributed by atoms with E-state index >= 15 is 0 Å². The van der Waals surface area contributed by atoms with Gasteiger partial charge in [-0.3, -0.25) is 0 Å². The Hall–Kier alpha value is -2.39. The molecule has 0 saturated heterocycles. The third-order valence-electron chi connectivity index (χ3n) is 5.29. The molecule has 0 radical (unpaired) electrons. The zero-order valence-electron chi connectivity index (χ0n) is 15.5. The summed E-state index contributed by atoms with van der Waals surface area (Å²) in [6.07, 6.45) is 5.43. The smallest absolute Gasteiger partial charge is 0.331 e. The van der Waals surface area contributed by atoms with Crippen molar-refractivity contribution in [1.82, 2.24) is 5.32 Å². The summed E-state index contributed by atoms with van der Waals surface area (Å²) in [5, 5.41) is 13.1. The molecule has 2 aromatic rings. The average Bonchev–Trinajstić information content (AvgIpc) is 2.66. The molecule has 0 spiro atoms. The molecule has 2 atom stereocenters. The molecule has 2 N–H and O–H groups in total. The van der Waals surface area contributed by atoms with Gasteiger partial charge in [0.2, 0.25) is 0 Å². The van der Waals surface area contributed by atoms with E-state index in [2.05, 4.69) is 42.6 Å². The number of carboxylic acids is 1. The average molecular weight is 349 g/mol. The van der Waals surface area contributed by atoms with E-state index in [1.165, 1.54) is 16.7 Å². The number of carbonyl (C=O) groups is 1. The normalized spacial score (nSPS) is 18.2. The highest BCUT2D eigenvalue weighted by Gasteiger charge is 2.22. The van der Waals surface area contributed by atoms with Crippen molar-refractivity contribution in [3.05, 3.63) is 76.4 Å². The lowest BCUT2D eigenvalue weighted by Crippen LogP contribution is -2.36. The minimum atomic E-state index is -0.822. The largest absolute Gasteiger partial charge is 0.478 e. The second kappa shape index (κ2) is 8.33. The zero-order chi connectivity index (χ0) is 18.5. The molecule has 26 heavy (non-hydrogen) atoms. The molecule has 2 aromatic carbocycles. The van der Waals surface area contributed by atoms with Crippen molar-refractivity contribution in [2.75, 3.05) is 0 Å². The van der Waals surface area contributed by atoms with Gasteiger partial charge in [-0.2, -0.15) is 0 Å². The summed E-state index contributed by atoms with van der Waals surface area (Å²) in [5.41, 5.74) is 5.49. The van der Waals surface area contributed by atoms with E-state index in [-0.39, 0.29) is 0 Å². The first kappa shape index (κ1) is 18.4. The Morgan fingerprint density at radius 3 is 2.69 bits per heavy atom. The highest BCUT2D eigenvalue weighted by molar-refractivity contribution is 5.92. The number of hydrogen-bond acceptors (Lipinski definition) is 2. The lowest BCUT2D eigenvalue weighted by atomic mass is 9.84. The lowest BCUT2D eigenvalue weighted by molar-refractivity contribution is -0.132. The summed E-state index contributed by atoms with van der Waals surface area (Å²) in [4.78, 5) is 11.3. The predicted molar refractivity (Wildman–Crippen MR) is 106 cm³/mol. The Labute approximate surface area is 155 Å². The summed E-state index contributed by atoms with van der Waals surface area (Å²) in [5.74, 6) is -0.822. The summed E-state index contributed by atoms with van der Waals surface area (Å²) >= 11 is 0. The third-order valence-corrected chi connectivity index (χ3v) is 5.29. The fourth-order valence-corrected chi connectivity index (χ4v) is 3.81. The maximum absolute atomic E-state index is 11.3. The fraction of sp³-hybridized carbons (Fsp3) is 0.348. The van der Waals surface area contributed by atoms with Crippen LogP contribution in [0, 0.1) is 0 Å². The fourth-order valence-electron chi connectivity index (χ4n) is 3.81. The summed E-state index contributed by atoms with van der Waals surface area (Å²) in [7, 11) is 0. The number of nitrogens with one attached hydrogen (secondary N) is 1. The molecule has 0 fully saturated rings. The van der Waals surface area contributed by atoms with E-state index in [1.807, 2.05) is 31.2 Å². The van der Waals surface area contributed by atoms with E-state index < -0.39 is 5.97 Å². The lowest BCUT2D eigenvalue weighted by Gasteiger charge is -2.29. The molecule has 1 aliphatic rings. The van der Waals surface area contributed by atoms with Crippen LogP contribution in [0.3, 0.4) is 0 Å². The van der Waals surface area contributed by atoms with Crippen molar-refractivity contribution in [3.8, 4) is 0 Å². The highest BCUT2D eigenvalue weighted by atomic mass is 16.4. The number of hydrogen-bond donors (Lipinski definition) is 2. The van der Waals surface area contributed by atoms with Crippen LogP contribution >= 0.6 is 0 Å². The van der Waals surface area contributed by atoms with Gasteiger partial charge in [0.25, 0.3) is 0 Å². The van der Waals surface area contributed by atoms with Gasteiger partial charge < -0.3 is 10.4 Å². The quantitative estimate of drug-likeness (QED) is 0.738. The van der Waals surface area contributed by atoms with Crippen LogP contribution < -0.4 is 5.32 Å². The van der Waals surface area contributed by atoms with Gasteiger partial charge in [-0.25, -0.2) is 4.79 Å². The number of aliphatic carboxylic acids is 1. The van der Waals surface area contributed by atoms with E-state index in [9.17, 15) is 9.90 Å². The molecule has 0 unspecified atom stereocenters. The second-order valence-corrected chi connectivity index (χ2v) is 7.05. The molecule has 0 heterocycles. The van der Waals surface area contributed by atoms with Crippen LogP contribution in [0.1, 0.15) is 55.0 Å². The van der Waals surface area contributed by atoms with Gasteiger partial charge in [0.05, 0.1) is 0 Å². The molecule has 3 rings (SSSR count). The molecule has 136 valence electrons. The molecule has 3 heteroatoms. The third kappa shape index (κ3) is 4.23. The summed E-state index contributed by atoms with van der Waals surface area (Å²) in [6, 6.07) is 17.6. The second-order valence-electron chi connectivity index (χ2n) is 7.05. The maximum Gasteiger partial charge on any atom is 0.331 e. The molecule has 0 saturated carbocycles. The number of benzene rings is 2. The summed E-state index contributed by atoms with van der Waals surface area (Å²) < 4.78 is 0. The maximum atomic E-state index is 11.3. The SMILES string of the molecule is CC/C(=C\c1cccc2c1CC[C@@H](N[C@H](C)c1ccccc1)C2)C(=O)O. The van der Waals surface area contributed by atoms with Gasteiger partial charge in [0, 0.05) is 17.7 Å². The topological polar surface area (TPSA) is 49.3 Å². The van der Waals surface area contributed by atoms with Crippen molar-refractivity contribution in [3.63, 3.8) is 0 Å². The highest BCUT2D eigenvalue weighted by Crippen LogP contribution is 2.28. The van der Waals surface area contributed by atoms with Crippen molar-refractivity contribution in [2.24, 2.45) is 0 Å². The first-order valence-corrected chi connectivity index (χ1v) is 9.44. The monoisotopic (exact) mass is 349 g/mol. The Balaban J connectivity index is 1.75. The van der Waals surface area contributed by atoms with E-state index in [4.69, 9.17) is 0 Å². The molecule has 0 aliphatic heterocycles. The predicted octanol–water partition coefficient (Wildman–Crippen LogP) is 4.77. The molecule has 0 bridgehead atoms. The van der Waals surface area contributed by atoms with Crippen LogP contribution in [-0.4, -0.2) is 17.1 Å². The van der Waals surface area contributed by atoms with Gasteiger partial charge in [-0.1, -0.05) is 55.5 Å². The van der Waals surface area contributed by atoms with Gasteiger partial charge in [-0.15, -0.1) is 0 Å². The van der Waals surface area contributed by atoms with Crippen LogP contribution in [-0.2, 0) is 17.6 Å². The molecule has 1 aliphatic carbocycles. The minimum absolute atomic E-state index is 0.324. The van der Waals surface area contributed by atoms with Gasteiger partial charge >= 0.3 is 5.97 Å². The molecule has 3 nitrogen and oxygen atoms in total. The number of rotatable bonds is 6. The molecular weight excluding hydrogens is 322 g/mol. The van der Waals surface area contributed by atoms with Crippen molar-refractivity contribution in [1.29, 1.82) is 0 Å². The Bertz CT molecular complexity index is 795. The molecule has 0 amide bonds. The Morgan fingerprint density at radius 1 is 1.23 bits per heavy atom. The van der Waals surface area contributed by atoms with E-state index in [0.717, 1.165) is 24.8 Å². The summed E-state index contributed by atoms with van der Waals surface area (Å²) in [6.45, 7) is 4.10. The Kier molecular flexibility index (Phi) is 5.89. The first-order chi connectivity index (χ1) is 12.6. The van der Waals surface area contributed by atoms with Crippen molar-refractivity contribution in [2.45, 2.75) is 51.6 Å². The number of carboxylic acid groups (broad SMARTS) is 1. The van der Waals surface area contributed by atoms with Crippen LogP contribution in [0.15, 0.2) is 54.1 Å². The minimum Gasteiger partial charge on any atom is -0.478 e. The standard InChI is InChI=1S/C23H27NO2/c1-3-17(23(25)26)14-19-10-7-11-20-15-21(12-13-22(19)20)24-16(2)18-8-5-4-6-9-18/h4-11,14,16,21,24H,3,12-13,15H2,1-2H3,(H,25,26)/b17-14+/t16-,21-/m1/s1. The van der Waals surface area contributed by atoms with Crippen LogP contribution in [0.25, 0.3) is 6.08 Å². The van der Waals surface area contributed by atoms with Crippen LogP contribution in [0.5, 0.6) is 0 Å².